The second-order valence-corrected chi connectivity index (χ2v) is 8.09. The molecule has 2 N–H and O–H groups in total. The van der Waals surface area contributed by atoms with Gasteiger partial charge in [-0.1, -0.05) is 6.07 Å². The third-order valence-electron chi connectivity index (χ3n) is 3.57. The van der Waals surface area contributed by atoms with Crippen molar-refractivity contribution in [1.29, 1.82) is 0 Å². The van der Waals surface area contributed by atoms with Crippen LogP contribution in [0.5, 0.6) is 0 Å². The van der Waals surface area contributed by atoms with Gasteiger partial charge in [-0.2, -0.15) is 0 Å². The summed E-state index contributed by atoms with van der Waals surface area (Å²) in [7, 11) is -2.34. The number of hydrogen-bond acceptors (Lipinski definition) is 6. The molecule has 0 fully saturated rings. The van der Waals surface area contributed by atoms with E-state index in [1.165, 1.54) is 6.39 Å². The molecule has 2 aromatic carbocycles. The average molecular weight is 368 g/mol. The summed E-state index contributed by atoms with van der Waals surface area (Å²) >= 11 is 0. The van der Waals surface area contributed by atoms with Gasteiger partial charge in [0.25, 0.3) is 6.01 Å². The fourth-order valence-corrected chi connectivity index (χ4v) is 3.13. The maximum absolute atomic E-state index is 11.8. The number of rotatable bonds is 5. The van der Waals surface area contributed by atoms with E-state index in [2.05, 4.69) is 25.9 Å². The standard InChI is InChI=1S/C18H16N4O3S/c1-26(2,23)22-14-5-3-4-13(9-14)21-18-19-10-17(25-18)12-6-7-15-16(8-12)24-11-20-15/h3-11H,1H2,2H3,(H,19,21)(H,22,23). The average Bonchev–Trinajstić information content (AvgIpc) is 3.21. The third-order valence-corrected chi connectivity index (χ3v) is 4.24. The molecule has 0 bridgehead atoms. The lowest BCUT2D eigenvalue weighted by Crippen LogP contribution is -2.09. The van der Waals surface area contributed by atoms with E-state index in [1.54, 1.807) is 18.5 Å². The Hall–Kier alpha value is -3.26. The maximum Gasteiger partial charge on any atom is 0.299 e. The molecule has 0 radical (unpaired) electrons. The highest BCUT2D eigenvalue weighted by atomic mass is 32.2. The fraction of sp³-hybridized carbons (Fsp3) is 0.0556. The molecule has 26 heavy (non-hydrogen) atoms. The minimum absolute atomic E-state index is 0.349. The number of aromatic nitrogens is 2. The van der Waals surface area contributed by atoms with Crippen molar-refractivity contribution in [3.05, 3.63) is 55.1 Å². The molecular weight excluding hydrogens is 352 g/mol. The molecule has 1 unspecified atom stereocenters. The number of oxazole rings is 2. The molecule has 4 rings (SSSR count). The smallest absolute Gasteiger partial charge is 0.299 e. The van der Waals surface area contributed by atoms with Crippen LogP contribution in [-0.2, 0) is 9.71 Å². The molecule has 0 aliphatic heterocycles. The largest absolute Gasteiger partial charge is 0.443 e. The lowest BCUT2D eigenvalue weighted by Gasteiger charge is -2.09. The third kappa shape index (κ3) is 3.55. The molecule has 0 spiro atoms. The number of fused-ring (bicyclic) bond motifs is 1. The van der Waals surface area contributed by atoms with Crippen LogP contribution in [0.1, 0.15) is 0 Å². The lowest BCUT2D eigenvalue weighted by atomic mass is 10.2. The van der Waals surface area contributed by atoms with Crippen LogP contribution in [0.2, 0.25) is 0 Å². The molecule has 2 aromatic heterocycles. The van der Waals surface area contributed by atoms with Gasteiger partial charge in [-0.05, 0) is 42.3 Å². The Kier molecular flexibility index (Phi) is 3.89. The first-order chi connectivity index (χ1) is 12.5. The molecule has 0 saturated carbocycles. The van der Waals surface area contributed by atoms with Crippen molar-refractivity contribution in [1.82, 2.24) is 9.97 Å². The summed E-state index contributed by atoms with van der Waals surface area (Å²) in [5.74, 6) is 4.19. The molecule has 8 heteroatoms. The van der Waals surface area contributed by atoms with E-state index in [0.717, 1.165) is 16.8 Å². The van der Waals surface area contributed by atoms with Crippen LogP contribution < -0.4 is 10.0 Å². The summed E-state index contributed by atoms with van der Waals surface area (Å²) in [6.07, 6.45) is 4.58. The van der Waals surface area contributed by atoms with Crippen molar-refractivity contribution in [2.45, 2.75) is 0 Å². The molecule has 2 heterocycles. The second kappa shape index (κ2) is 6.23. The molecule has 0 saturated heterocycles. The topological polar surface area (TPSA) is 93.2 Å². The van der Waals surface area contributed by atoms with E-state index < -0.39 is 9.71 Å². The van der Waals surface area contributed by atoms with Crippen LogP contribution in [0.4, 0.5) is 17.4 Å². The Morgan fingerprint density at radius 1 is 1.12 bits per heavy atom. The molecule has 0 aliphatic rings. The summed E-state index contributed by atoms with van der Waals surface area (Å²) in [6, 6.07) is 13.3. The molecule has 7 nitrogen and oxygen atoms in total. The number of hydrogen-bond donors (Lipinski definition) is 2. The first kappa shape index (κ1) is 16.2. The summed E-state index contributed by atoms with van der Waals surface area (Å²) in [5, 5.41) is 3.09. The first-order valence-corrected chi connectivity index (χ1v) is 9.86. The van der Waals surface area contributed by atoms with Crippen molar-refractivity contribution in [2.75, 3.05) is 16.3 Å². The van der Waals surface area contributed by atoms with E-state index in [1.807, 2.05) is 36.4 Å². The summed E-state index contributed by atoms with van der Waals surface area (Å²) in [6.45, 7) is 0. The van der Waals surface area contributed by atoms with Gasteiger partial charge in [-0.15, -0.1) is 0 Å². The molecule has 0 aliphatic carbocycles. The van der Waals surface area contributed by atoms with Crippen LogP contribution in [-0.4, -0.2) is 26.3 Å². The van der Waals surface area contributed by atoms with E-state index in [9.17, 15) is 4.21 Å². The van der Waals surface area contributed by atoms with E-state index in [4.69, 9.17) is 8.83 Å². The second-order valence-electron chi connectivity index (χ2n) is 5.88. The van der Waals surface area contributed by atoms with Gasteiger partial charge in [0.2, 0.25) is 0 Å². The van der Waals surface area contributed by atoms with E-state index in [-0.39, 0.29) is 0 Å². The van der Waals surface area contributed by atoms with Crippen molar-refractivity contribution in [3.8, 4) is 11.3 Å². The van der Waals surface area contributed by atoms with Gasteiger partial charge < -0.3 is 18.9 Å². The molecule has 0 amide bonds. The summed E-state index contributed by atoms with van der Waals surface area (Å²) in [5.41, 5.74) is 3.75. The highest BCUT2D eigenvalue weighted by molar-refractivity contribution is 8.00. The van der Waals surface area contributed by atoms with Crippen LogP contribution in [0.15, 0.2) is 63.9 Å². The van der Waals surface area contributed by atoms with Crippen LogP contribution >= 0.6 is 0 Å². The van der Waals surface area contributed by atoms with E-state index in [0.29, 0.717) is 23.0 Å². The predicted molar refractivity (Wildman–Crippen MR) is 104 cm³/mol. The van der Waals surface area contributed by atoms with E-state index >= 15 is 0 Å². The molecule has 4 aromatic rings. The Bertz CT molecular complexity index is 1180. The van der Waals surface area contributed by atoms with Gasteiger partial charge in [0.05, 0.1) is 6.20 Å². The van der Waals surface area contributed by atoms with Crippen molar-refractivity contribution in [2.24, 2.45) is 0 Å². The Labute approximate surface area is 150 Å². The summed E-state index contributed by atoms with van der Waals surface area (Å²) < 4.78 is 25.7. The lowest BCUT2D eigenvalue weighted by molar-refractivity contribution is 0.590. The zero-order chi connectivity index (χ0) is 18.1. The molecule has 132 valence electrons. The highest BCUT2D eigenvalue weighted by Gasteiger charge is 2.09. The quantitative estimate of drug-likeness (QED) is 0.519. The Morgan fingerprint density at radius 2 is 1.96 bits per heavy atom. The zero-order valence-corrected chi connectivity index (χ0v) is 14.7. The van der Waals surface area contributed by atoms with Crippen molar-refractivity contribution < 1.29 is 13.0 Å². The Morgan fingerprint density at radius 3 is 2.81 bits per heavy atom. The fourth-order valence-electron chi connectivity index (χ4n) is 2.51. The number of nitrogens with zero attached hydrogens (tertiary/aromatic N) is 2. The number of benzene rings is 2. The highest BCUT2D eigenvalue weighted by Crippen LogP contribution is 2.27. The van der Waals surface area contributed by atoms with Gasteiger partial charge in [0.1, 0.15) is 5.52 Å². The van der Waals surface area contributed by atoms with Crippen LogP contribution in [0, 0.1) is 0 Å². The minimum atomic E-state index is -2.34. The van der Waals surface area contributed by atoms with Gasteiger partial charge in [-0.25, -0.2) is 14.2 Å². The normalized spacial score (nSPS) is 13.4. The molecule has 1 atom stereocenters. The first-order valence-electron chi connectivity index (χ1n) is 7.73. The van der Waals surface area contributed by atoms with Gasteiger partial charge in [0, 0.05) is 32.9 Å². The minimum Gasteiger partial charge on any atom is -0.443 e. The predicted octanol–water partition coefficient (Wildman–Crippen LogP) is 3.90. The summed E-state index contributed by atoms with van der Waals surface area (Å²) in [4.78, 5) is 8.34. The SMILES string of the molecule is C=S(C)(=O)Nc1cccc(Nc2ncc(-c3ccc4ncoc4c3)o2)c1. The van der Waals surface area contributed by atoms with Gasteiger partial charge >= 0.3 is 0 Å². The van der Waals surface area contributed by atoms with Crippen LogP contribution in [0.25, 0.3) is 22.4 Å². The van der Waals surface area contributed by atoms with Gasteiger partial charge in [-0.3, -0.25) is 0 Å². The van der Waals surface area contributed by atoms with Gasteiger partial charge in [0.15, 0.2) is 17.7 Å². The van der Waals surface area contributed by atoms with Crippen molar-refractivity contribution >= 4 is 44.1 Å². The monoisotopic (exact) mass is 368 g/mol. The zero-order valence-electron chi connectivity index (χ0n) is 13.9. The number of nitrogens with one attached hydrogen (secondary N) is 2. The number of anilines is 3. The maximum atomic E-state index is 11.8. The van der Waals surface area contributed by atoms with Crippen molar-refractivity contribution in [3.63, 3.8) is 0 Å². The van der Waals surface area contributed by atoms with Crippen LogP contribution in [0.3, 0.4) is 0 Å². The Balaban J connectivity index is 1.56. The molecular formula is C18H16N4O3S.